The highest BCUT2D eigenvalue weighted by atomic mass is 16.5. The van der Waals surface area contributed by atoms with Gasteiger partial charge in [-0.25, -0.2) is 4.79 Å². The van der Waals surface area contributed by atoms with Gasteiger partial charge in [0.05, 0.1) is 18.7 Å². The van der Waals surface area contributed by atoms with Gasteiger partial charge >= 0.3 is 11.6 Å². The Kier molecular flexibility index (Phi) is 5.75. The van der Waals surface area contributed by atoms with E-state index in [0.29, 0.717) is 22.6 Å². The maximum absolute atomic E-state index is 12.7. The smallest absolute Gasteiger partial charge is 0.336 e. The SMILES string of the molecule is CCc1ccc2c(COC(=O)C3CC(=O)N(c4ccccc4OC)C3)cc(=O)oc2c1. The lowest BCUT2D eigenvalue weighted by Gasteiger charge is -2.19. The summed E-state index contributed by atoms with van der Waals surface area (Å²) in [5.74, 6) is -0.657. The van der Waals surface area contributed by atoms with E-state index in [1.165, 1.54) is 13.2 Å². The van der Waals surface area contributed by atoms with Gasteiger partial charge in [0.1, 0.15) is 17.9 Å². The maximum Gasteiger partial charge on any atom is 0.336 e. The molecule has 0 saturated carbocycles. The number of fused-ring (bicyclic) bond motifs is 1. The molecular formula is C24H23NO6. The molecular weight excluding hydrogens is 398 g/mol. The van der Waals surface area contributed by atoms with Crippen molar-refractivity contribution in [2.24, 2.45) is 5.92 Å². The number of aryl methyl sites for hydroxylation is 1. The van der Waals surface area contributed by atoms with Crippen molar-refractivity contribution in [3.63, 3.8) is 0 Å². The predicted octanol–water partition coefficient (Wildman–Crippen LogP) is 3.46. The number of ether oxygens (including phenoxy) is 2. The lowest BCUT2D eigenvalue weighted by Crippen LogP contribution is -2.26. The van der Waals surface area contributed by atoms with Gasteiger partial charge < -0.3 is 18.8 Å². The molecule has 4 rings (SSSR count). The fourth-order valence-corrected chi connectivity index (χ4v) is 3.83. The molecule has 0 radical (unpaired) electrons. The average molecular weight is 421 g/mol. The van der Waals surface area contributed by atoms with Crippen molar-refractivity contribution in [2.45, 2.75) is 26.4 Å². The Labute approximate surface area is 179 Å². The van der Waals surface area contributed by atoms with Crippen LogP contribution in [-0.4, -0.2) is 25.5 Å². The molecule has 2 heterocycles. The summed E-state index contributed by atoms with van der Waals surface area (Å²) in [5, 5.41) is 0.725. The Morgan fingerprint density at radius 1 is 1.16 bits per heavy atom. The van der Waals surface area contributed by atoms with Crippen LogP contribution in [0.1, 0.15) is 24.5 Å². The highest BCUT2D eigenvalue weighted by Crippen LogP contribution is 2.33. The minimum absolute atomic E-state index is 0.0637. The summed E-state index contributed by atoms with van der Waals surface area (Å²) in [7, 11) is 1.54. The fraction of sp³-hybridized carbons (Fsp3) is 0.292. The molecule has 1 aliphatic rings. The largest absolute Gasteiger partial charge is 0.495 e. The zero-order valence-corrected chi connectivity index (χ0v) is 17.4. The Morgan fingerprint density at radius 3 is 2.74 bits per heavy atom. The van der Waals surface area contributed by atoms with Crippen molar-refractivity contribution in [3.8, 4) is 5.75 Å². The molecule has 0 aliphatic carbocycles. The number of hydrogen-bond acceptors (Lipinski definition) is 6. The van der Waals surface area contributed by atoms with Crippen LogP contribution in [0.5, 0.6) is 5.75 Å². The third-order valence-electron chi connectivity index (χ3n) is 5.51. The van der Waals surface area contributed by atoms with Gasteiger partial charge in [-0.05, 0) is 30.2 Å². The second-order valence-corrected chi connectivity index (χ2v) is 7.46. The molecule has 0 bridgehead atoms. The minimum Gasteiger partial charge on any atom is -0.495 e. The van der Waals surface area contributed by atoms with Gasteiger partial charge in [-0.3, -0.25) is 9.59 Å². The van der Waals surface area contributed by atoms with Crippen molar-refractivity contribution in [3.05, 3.63) is 70.1 Å². The molecule has 160 valence electrons. The van der Waals surface area contributed by atoms with Crippen LogP contribution < -0.4 is 15.3 Å². The lowest BCUT2D eigenvalue weighted by molar-refractivity contribution is -0.149. The van der Waals surface area contributed by atoms with Crippen LogP contribution in [0.4, 0.5) is 5.69 Å². The standard InChI is InChI=1S/C24H23NO6/c1-3-15-8-9-18-17(12-23(27)31-21(18)10-15)14-30-24(28)16-11-22(26)25(13-16)19-6-4-5-7-20(19)29-2/h4-10,12,16H,3,11,13-14H2,1-2H3. The van der Waals surface area contributed by atoms with Crippen LogP contribution in [0.15, 0.2) is 57.7 Å². The fourth-order valence-electron chi connectivity index (χ4n) is 3.83. The van der Waals surface area contributed by atoms with Gasteiger partial charge in [0.25, 0.3) is 0 Å². The number of anilines is 1. The molecule has 1 unspecified atom stereocenters. The van der Waals surface area contributed by atoms with Crippen LogP contribution in [0.25, 0.3) is 11.0 Å². The number of para-hydroxylation sites is 2. The Morgan fingerprint density at radius 2 is 1.97 bits per heavy atom. The van der Waals surface area contributed by atoms with Crippen LogP contribution in [-0.2, 0) is 27.4 Å². The topological polar surface area (TPSA) is 86.0 Å². The van der Waals surface area contributed by atoms with Gasteiger partial charge in [0.2, 0.25) is 5.91 Å². The van der Waals surface area contributed by atoms with E-state index in [-0.39, 0.29) is 25.5 Å². The Hall–Kier alpha value is -3.61. The van der Waals surface area contributed by atoms with Gasteiger partial charge in [0.15, 0.2) is 0 Å². The van der Waals surface area contributed by atoms with E-state index >= 15 is 0 Å². The second kappa shape index (κ2) is 8.63. The molecule has 0 N–H and O–H groups in total. The average Bonchev–Trinajstić information content (AvgIpc) is 3.18. The summed E-state index contributed by atoms with van der Waals surface area (Å²) in [6.45, 7) is 2.17. The minimum atomic E-state index is -0.588. The molecule has 7 heteroatoms. The summed E-state index contributed by atoms with van der Waals surface area (Å²) in [6, 6.07) is 14.2. The molecule has 7 nitrogen and oxygen atoms in total. The molecule has 1 amide bonds. The maximum atomic E-state index is 12.7. The molecule has 31 heavy (non-hydrogen) atoms. The van der Waals surface area contributed by atoms with E-state index in [1.807, 2.05) is 37.3 Å². The van der Waals surface area contributed by atoms with E-state index in [0.717, 1.165) is 17.4 Å². The number of nitrogens with zero attached hydrogens (tertiary/aromatic N) is 1. The van der Waals surface area contributed by atoms with Crippen molar-refractivity contribution in [1.29, 1.82) is 0 Å². The summed E-state index contributed by atoms with van der Waals surface area (Å²) < 4.78 is 16.1. The number of carbonyl (C=O) groups excluding carboxylic acids is 2. The number of rotatable bonds is 6. The predicted molar refractivity (Wildman–Crippen MR) is 115 cm³/mol. The van der Waals surface area contributed by atoms with Gasteiger partial charge in [-0.2, -0.15) is 0 Å². The molecule has 0 spiro atoms. The molecule has 1 atom stereocenters. The first kappa shape index (κ1) is 20.7. The highest BCUT2D eigenvalue weighted by molar-refractivity contribution is 6.00. The van der Waals surface area contributed by atoms with E-state index in [9.17, 15) is 14.4 Å². The summed E-state index contributed by atoms with van der Waals surface area (Å²) >= 11 is 0. The van der Waals surface area contributed by atoms with E-state index in [2.05, 4.69) is 0 Å². The van der Waals surface area contributed by atoms with Crippen LogP contribution in [0.3, 0.4) is 0 Å². The Bertz CT molecular complexity index is 1200. The molecule has 3 aromatic rings. The molecule has 1 aliphatic heterocycles. The third kappa shape index (κ3) is 4.17. The molecule has 1 aromatic heterocycles. The summed E-state index contributed by atoms with van der Waals surface area (Å²) in [4.78, 5) is 38.7. The van der Waals surface area contributed by atoms with Gasteiger partial charge in [0, 0.05) is 30.0 Å². The number of carbonyl (C=O) groups is 2. The second-order valence-electron chi connectivity index (χ2n) is 7.46. The summed E-state index contributed by atoms with van der Waals surface area (Å²) in [6.07, 6.45) is 0.881. The van der Waals surface area contributed by atoms with Gasteiger partial charge in [-0.1, -0.05) is 31.2 Å². The first-order chi connectivity index (χ1) is 15.0. The lowest BCUT2D eigenvalue weighted by atomic mass is 10.1. The van der Waals surface area contributed by atoms with Crippen molar-refractivity contribution >= 4 is 28.5 Å². The van der Waals surface area contributed by atoms with Crippen molar-refractivity contribution in [2.75, 3.05) is 18.6 Å². The Balaban J connectivity index is 1.48. The third-order valence-corrected chi connectivity index (χ3v) is 5.51. The van der Waals surface area contributed by atoms with Gasteiger partial charge in [-0.15, -0.1) is 0 Å². The van der Waals surface area contributed by atoms with Crippen molar-refractivity contribution < 1.29 is 23.5 Å². The van der Waals surface area contributed by atoms with Crippen LogP contribution in [0, 0.1) is 5.92 Å². The number of amides is 1. The number of hydrogen-bond donors (Lipinski definition) is 0. The molecule has 1 fully saturated rings. The number of benzene rings is 2. The molecule has 2 aromatic carbocycles. The van der Waals surface area contributed by atoms with Crippen molar-refractivity contribution in [1.82, 2.24) is 0 Å². The highest BCUT2D eigenvalue weighted by Gasteiger charge is 2.37. The monoisotopic (exact) mass is 421 g/mol. The molecule has 1 saturated heterocycles. The summed E-state index contributed by atoms with van der Waals surface area (Å²) in [5.41, 5.74) is 2.23. The van der Waals surface area contributed by atoms with E-state index < -0.39 is 17.5 Å². The quantitative estimate of drug-likeness (QED) is 0.448. The van der Waals surface area contributed by atoms with E-state index in [1.54, 1.807) is 17.0 Å². The van der Waals surface area contributed by atoms with Crippen LogP contribution in [0.2, 0.25) is 0 Å². The van der Waals surface area contributed by atoms with Crippen LogP contribution >= 0.6 is 0 Å². The van der Waals surface area contributed by atoms with E-state index in [4.69, 9.17) is 13.9 Å². The zero-order valence-electron chi connectivity index (χ0n) is 17.4. The number of methoxy groups -OCH3 is 1. The zero-order chi connectivity index (χ0) is 22.0. The number of esters is 1. The normalized spacial score (nSPS) is 16.0. The first-order valence-corrected chi connectivity index (χ1v) is 10.2. The first-order valence-electron chi connectivity index (χ1n) is 10.2.